The largest absolute Gasteiger partial charge is 0.478 e. The third-order valence-electron chi connectivity index (χ3n) is 2.96. The van der Waals surface area contributed by atoms with Crippen molar-refractivity contribution in [2.24, 2.45) is 0 Å². The van der Waals surface area contributed by atoms with E-state index in [4.69, 9.17) is 5.11 Å². The van der Waals surface area contributed by atoms with Gasteiger partial charge in [0.1, 0.15) is 0 Å². The van der Waals surface area contributed by atoms with Crippen LogP contribution in [0, 0.1) is 0 Å². The molecular formula is C15H22N2O3S. The topological polar surface area (TPSA) is 78.4 Å². The van der Waals surface area contributed by atoms with E-state index in [1.807, 2.05) is 11.8 Å². The van der Waals surface area contributed by atoms with E-state index >= 15 is 0 Å². The van der Waals surface area contributed by atoms with Crippen LogP contribution in [-0.4, -0.2) is 42.2 Å². The number of urea groups is 1. The first-order valence-electron chi connectivity index (χ1n) is 6.96. The molecule has 0 unspecified atom stereocenters. The zero-order valence-electron chi connectivity index (χ0n) is 12.2. The van der Waals surface area contributed by atoms with Gasteiger partial charge in [0.05, 0.1) is 5.56 Å². The predicted molar refractivity (Wildman–Crippen MR) is 86.1 cm³/mol. The van der Waals surface area contributed by atoms with E-state index in [0.717, 1.165) is 24.2 Å². The van der Waals surface area contributed by atoms with Crippen LogP contribution in [-0.2, 0) is 6.42 Å². The van der Waals surface area contributed by atoms with Gasteiger partial charge in [0, 0.05) is 13.1 Å². The number of unbranched alkanes of at least 4 members (excludes halogenated alkanes) is 1. The van der Waals surface area contributed by atoms with E-state index in [1.54, 1.807) is 24.3 Å². The Morgan fingerprint density at radius 3 is 2.38 bits per heavy atom. The molecule has 0 fully saturated rings. The molecule has 0 aliphatic carbocycles. The van der Waals surface area contributed by atoms with Crippen molar-refractivity contribution in [3.05, 3.63) is 35.4 Å². The second kappa shape index (κ2) is 10.1. The van der Waals surface area contributed by atoms with Gasteiger partial charge in [-0.15, -0.1) is 0 Å². The molecule has 3 N–H and O–H groups in total. The van der Waals surface area contributed by atoms with Gasteiger partial charge in [0.15, 0.2) is 0 Å². The average molecular weight is 310 g/mol. The van der Waals surface area contributed by atoms with Crippen LogP contribution in [0.15, 0.2) is 24.3 Å². The molecule has 0 spiro atoms. The quantitative estimate of drug-likeness (QED) is 0.612. The highest BCUT2D eigenvalue weighted by Crippen LogP contribution is 2.04. The monoisotopic (exact) mass is 310 g/mol. The molecule has 0 bridgehead atoms. The van der Waals surface area contributed by atoms with Gasteiger partial charge in [0.25, 0.3) is 0 Å². The fourth-order valence-corrected chi connectivity index (χ4v) is 2.26. The first-order valence-corrected chi connectivity index (χ1v) is 8.35. The van der Waals surface area contributed by atoms with Gasteiger partial charge in [-0.25, -0.2) is 9.59 Å². The van der Waals surface area contributed by atoms with E-state index in [-0.39, 0.29) is 11.6 Å². The van der Waals surface area contributed by atoms with Crippen molar-refractivity contribution >= 4 is 23.8 Å². The van der Waals surface area contributed by atoms with Crippen LogP contribution in [0.25, 0.3) is 0 Å². The summed E-state index contributed by atoms with van der Waals surface area (Å²) in [5.74, 6) is 0.191. The van der Waals surface area contributed by atoms with Crippen LogP contribution >= 0.6 is 11.8 Å². The van der Waals surface area contributed by atoms with Gasteiger partial charge in [0.2, 0.25) is 0 Å². The van der Waals surface area contributed by atoms with E-state index in [2.05, 4.69) is 16.9 Å². The van der Waals surface area contributed by atoms with Crippen molar-refractivity contribution in [1.82, 2.24) is 10.6 Å². The Labute approximate surface area is 129 Å². The fraction of sp³-hybridized carbons (Fsp3) is 0.467. The number of rotatable bonds is 9. The average Bonchev–Trinajstić information content (AvgIpc) is 2.47. The highest BCUT2D eigenvalue weighted by atomic mass is 32.2. The molecule has 116 valence electrons. The number of hydrogen-bond acceptors (Lipinski definition) is 3. The van der Waals surface area contributed by atoms with E-state index < -0.39 is 5.97 Å². The SMILES string of the molecule is CSCCCCNC(=O)NCCc1ccc(C(=O)O)cc1. The van der Waals surface area contributed by atoms with Crippen molar-refractivity contribution in [3.63, 3.8) is 0 Å². The van der Waals surface area contributed by atoms with Crippen LogP contribution in [0.1, 0.15) is 28.8 Å². The summed E-state index contributed by atoms with van der Waals surface area (Å²) >= 11 is 1.81. The smallest absolute Gasteiger partial charge is 0.335 e. The second-order valence-corrected chi connectivity index (χ2v) is 5.62. The highest BCUT2D eigenvalue weighted by molar-refractivity contribution is 7.98. The number of benzene rings is 1. The summed E-state index contributed by atoms with van der Waals surface area (Å²) in [6, 6.07) is 6.53. The van der Waals surface area contributed by atoms with Crippen LogP contribution in [0.4, 0.5) is 4.79 Å². The van der Waals surface area contributed by atoms with Crippen LogP contribution in [0.3, 0.4) is 0 Å². The molecule has 1 aromatic rings. The molecule has 0 aromatic heterocycles. The lowest BCUT2D eigenvalue weighted by Gasteiger charge is -2.07. The van der Waals surface area contributed by atoms with Crippen molar-refractivity contribution in [1.29, 1.82) is 0 Å². The summed E-state index contributed by atoms with van der Waals surface area (Å²) in [6.45, 7) is 1.22. The van der Waals surface area contributed by atoms with E-state index in [9.17, 15) is 9.59 Å². The molecule has 2 amide bonds. The van der Waals surface area contributed by atoms with Gasteiger partial charge in [-0.2, -0.15) is 11.8 Å². The Morgan fingerprint density at radius 2 is 1.76 bits per heavy atom. The van der Waals surface area contributed by atoms with Gasteiger partial charge >= 0.3 is 12.0 Å². The Hall–Kier alpha value is -1.69. The number of carboxylic acid groups (broad SMARTS) is 1. The van der Waals surface area contributed by atoms with Crippen molar-refractivity contribution in [3.8, 4) is 0 Å². The zero-order valence-corrected chi connectivity index (χ0v) is 13.0. The molecule has 0 heterocycles. The van der Waals surface area contributed by atoms with Crippen LogP contribution in [0.5, 0.6) is 0 Å². The normalized spacial score (nSPS) is 10.1. The summed E-state index contributed by atoms with van der Waals surface area (Å²) in [5, 5.41) is 14.4. The predicted octanol–water partition coefficient (Wildman–Crippen LogP) is 2.37. The third-order valence-corrected chi connectivity index (χ3v) is 3.66. The minimum atomic E-state index is -0.930. The van der Waals surface area contributed by atoms with Gasteiger partial charge in [-0.1, -0.05) is 12.1 Å². The number of carboxylic acids is 1. The van der Waals surface area contributed by atoms with Gasteiger partial charge < -0.3 is 15.7 Å². The molecule has 5 nitrogen and oxygen atoms in total. The number of nitrogens with one attached hydrogen (secondary N) is 2. The van der Waals surface area contributed by atoms with Crippen molar-refractivity contribution < 1.29 is 14.7 Å². The minimum Gasteiger partial charge on any atom is -0.478 e. The summed E-state index contributed by atoms with van der Waals surface area (Å²) in [7, 11) is 0. The first-order chi connectivity index (χ1) is 10.1. The lowest BCUT2D eigenvalue weighted by molar-refractivity contribution is 0.0697. The molecule has 0 aliphatic rings. The fourth-order valence-electron chi connectivity index (χ4n) is 1.77. The molecule has 0 atom stereocenters. The molecule has 0 saturated heterocycles. The third kappa shape index (κ3) is 7.60. The standard InChI is InChI=1S/C15H22N2O3S/c1-21-11-3-2-9-16-15(20)17-10-8-12-4-6-13(7-5-12)14(18)19/h4-7H,2-3,8-11H2,1H3,(H,18,19)(H2,16,17,20). The summed E-state index contributed by atoms with van der Waals surface area (Å²) < 4.78 is 0. The minimum absolute atomic E-state index is 0.152. The van der Waals surface area contributed by atoms with E-state index in [1.165, 1.54) is 0 Å². The number of carbonyl (C=O) groups excluding carboxylic acids is 1. The van der Waals surface area contributed by atoms with Crippen LogP contribution in [0.2, 0.25) is 0 Å². The lowest BCUT2D eigenvalue weighted by atomic mass is 10.1. The van der Waals surface area contributed by atoms with Crippen LogP contribution < -0.4 is 10.6 Å². The summed E-state index contributed by atoms with van der Waals surface area (Å²) in [6.07, 6.45) is 4.85. The molecule has 1 aromatic carbocycles. The summed E-state index contributed by atoms with van der Waals surface area (Å²) in [5.41, 5.74) is 1.27. The number of aromatic carboxylic acids is 1. The van der Waals surface area contributed by atoms with Gasteiger partial charge in [-0.3, -0.25) is 0 Å². The Bertz CT molecular complexity index is 449. The highest BCUT2D eigenvalue weighted by Gasteiger charge is 2.02. The molecule has 1 rings (SSSR count). The zero-order chi connectivity index (χ0) is 15.5. The Morgan fingerprint density at radius 1 is 1.10 bits per heavy atom. The molecule has 0 aliphatic heterocycles. The number of thioether (sulfide) groups is 1. The number of amides is 2. The molecular weight excluding hydrogens is 288 g/mol. The van der Waals surface area contributed by atoms with E-state index in [0.29, 0.717) is 19.5 Å². The van der Waals surface area contributed by atoms with Gasteiger partial charge in [-0.05, 0) is 49.0 Å². The molecule has 21 heavy (non-hydrogen) atoms. The summed E-state index contributed by atoms with van der Waals surface area (Å²) in [4.78, 5) is 22.2. The Balaban J connectivity index is 2.15. The second-order valence-electron chi connectivity index (χ2n) is 4.63. The molecule has 0 saturated carbocycles. The number of carbonyl (C=O) groups is 2. The molecule has 0 radical (unpaired) electrons. The maximum absolute atomic E-state index is 11.5. The first kappa shape index (κ1) is 17.4. The van der Waals surface area contributed by atoms with Crippen molar-refractivity contribution in [2.75, 3.05) is 25.1 Å². The molecule has 6 heteroatoms. The lowest BCUT2D eigenvalue weighted by Crippen LogP contribution is -2.37. The van der Waals surface area contributed by atoms with Crippen molar-refractivity contribution in [2.45, 2.75) is 19.3 Å². The maximum Gasteiger partial charge on any atom is 0.335 e. The maximum atomic E-state index is 11.5. The number of hydrogen-bond donors (Lipinski definition) is 3. The Kier molecular flexibility index (Phi) is 8.35.